The predicted molar refractivity (Wildman–Crippen MR) is 72.9 cm³/mol. The highest BCUT2D eigenvalue weighted by atomic mass is 35.5. The summed E-state index contributed by atoms with van der Waals surface area (Å²) in [6.07, 6.45) is -3.13. The number of anilines is 1. The highest BCUT2D eigenvalue weighted by Crippen LogP contribution is 2.30. The summed E-state index contributed by atoms with van der Waals surface area (Å²) in [4.78, 5) is 11.7. The zero-order valence-electron chi connectivity index (χ0n) is 10.7. The van der Waals surface area contributed by atoms with Crippen LogP contribution in [0.15, 0.2) is 24.3 Å². The van der Waals surface area contributed by atoms with Crippen LogP contribution in [0.4, 0.5) is 18.9 Å². The minimum atomic E-state index is -4.39. The molecule has 1 heterocycles. The molecule has 1 aliphatic rings. The van der Waals surface area contributed by atoms with Gasteiger partial charge < -0.3 is 10.6 Å². The van der Waals surface area contributed by atoms with Gasteiger partial charge in [-0.1, -0.05) is 6.07 Å². The van der Waals surface area contributed by atoms with E-state index >= 15 is 0 Å². The molecule has 1 atom stereocenters. The lowest BCUT2D eigenvalue weighted by Gasteiger charge is -2.11. The Bertz CT molecular complexity index is 459. The maximum Gasteiger partial charge on any atom is 0.416 e. The maximum atomic E-state index is 12.5. The van der Waals surface area contributed by atoms with Gasteiger partial charge in [-0.25, -0.2) is 0 Å². The molecule has 1 amide bonds. The summed E-state index contributed by atoms with van der Waals surface area (Å²) in [7, 11) is 0. The van der Waals surface area contributed by atoms with E-state index in [1.54, 1.807) is 0 Å². The third kappa shape index (κ3) is 4.68. The largest absolute Gasteiger partial charge is 0.416 e. The number of nitrogens with one attached hydrogen (secondary N) is 2. The van der Waals surface area contributed by atoms with Gasteiger partial charge in [-0.3, -0.25) is 4.79 Å². The summed E-state index contributed by atoms with van der Waals surface area (Å²) in [6.45, 7) is 1.68. The Morgan fingerprint density at radius 2 is 2.15 bits per heavy atom. The van der Waals surface area contributed by atoms with Crippen molar-refractivity contribution in [1.82, 2.24) is 5.32 Å². The van der Waals surface area contributed by atoms with Crippen LogP contribution in [0.25, 0.3) is 0 Å². The number of amides is 1. The molecule has 1 aliphatic heterocycles. The van der Waals surface area contributed by atoms with E-state index in [1.807, 2.05) is 0 Å². The van der Waals surface area contributed by atoms with Crippen molar-refractivity contribution >= 4 is 24.0 Å². The first-order chi connectivity index (χ1) is 8.95. The average Bonchev–Trinajstić information content (AvgIpc) is 2.80. The number of benzene rings is 1. The third-order valence-corrected chi connectivity index (χ3v) is 3.11. The SMILES string of the molecule is Cl.O=C(CC1CCNC1)Nc1cccc(C(F)(F)F)c1. The molecule has 1 unspecified atom stereocenters. The Kier molecular flexibility index (Phi) is 5.83. The van der Waals surface area contributed by atoms with Crippen LogP contribution in [-0.4, -0.2) is 19.0 Å². The van der Waals surface area contributed by atoms with Crippen molar-refractivity contribution in [2.75, 3.05) is 18.4 Å². The van der Waals surface area contributed by atoms with Crippen molar-refractivity contribution in [3.63, 3.8) is 0 Å². The second kappa shape index (κ2) is 6.95. The average molecular weight is 309 g/mol. The van der Waals surface area contributed by atoms with Crippen molar-refractivity contribution in [2.45, 2.75) is 19.0 Å². The highest BCUT2D eigenvalue weighted by molar-refractivity contribution is 5.91. The molecule has 0 radical (unpaired) electrons. The zero-order chi connectivity index (χ0) is 13.9. The minimum Gasteiger partial charge on any atom is -0.326 e. The van der Waals surface area contributed by atoms with Crippen molar-refractivity contribution in [1.29, 1.82) is 0 Å². The number of alkyl halides is 3. The zero-order valence-corrected chi connectivity index (χ0v) is 11.5. The maximum absolute atomic E-state index is 12.5. The van der Waals surface area contributed by atoms with Gasteiger partial charge in [0.2, 0.25) is 5.91 Å². The second-order valence-corrected chi connectivity index (χ2v) is 4.69. The molecule has 112 valence electrons. The van der Waals surface area contributed by atoms with E-state index in [0.717, 1.165) is 31.6 Å². The second-order valence-electron chi connectivity index (χ2n) is 4.69. The Morgan fingerprint density at radius 3 is 2.75 bits per heavy atom. The minimum absolute atomic E-state index is 0. The van der Waals surface area contributed by atoms with Crippen LogP contribution >= 0.6 is 12.4 Å². The molecule has 3 nitrogen and oxygen atoms in total. The molecule has 2 rings (SSSR count). The van der Waals surface area contributed by atoms with Gasteiger partial charge in [0.05, 0.1) is 5.56 Å². The van der Waals surface area contributed by atoms with Gasteiger partial charge in [0, 0.05) is 12.1 Å². The summed E-state index contributed by atoms with van der Waals surface area (Å²) in [5.74, 6) is 0.0267. The fourth-order valence-electron chi connectivity index (χ4n) is 2.14. The first kappa shape index (κ1) is 16.8. The van der Waals surface area contributed by atoms with Crippen LogP contribution in [0.3, 0.4) is 0 Å². The Morgan fingerprint density at radius 1 is 1.40 bits per heavy atom. The monoisotopic (exact) mass is 308 g/mol. The van der Waals surface area contributed by atoms with Crippen molar-refractivity contribution < 1.29 is 18.0 Å². The van der Waals surface area contributed by atoms with Gasteiger partial charge in [-0.2, -0.15) is 13.2 Å². The van der Waals surface area contributed by atoms with E-state index in [2.05, 4.69) is 10.6 Å². The van der Waals surface area contributed by atoms with Crippen LogP contribution in [0.1, 0.15) is 18.4 Å². The molecule has 0 aromatic heterocycles. The van der Waals surface area contributed by atoms with Gasteiger partial charge in [-0.05, 0) is 43.6 Å². The lowest BCUT2D eigenvalue weighted by molar-refractivity contribution is -0.137. The molecular formula is C13H16ClF3N2O. The molecule has 1 saturated heterocycles. The molecule has 0 spiro atoms. The fourth-order valence-corrected chi connectivity index (χ4v) is 2.14. The van der Waals surface area contributed by atoms with Crippen LogP contribution in [0, 0.1) is 5.92 Å². The van der Waals surface area contributed by atoms with E-state index in [0.29, 0.717) is 6.42 Å². The third-order valence-electron chi connectivity index (χ3n) is 3.11. The molecule has 7 heteroatoms. The van der Waals surface area contributed by atoms with Gasteiger partial charge in [0.25, 0.3) is 0 Å². The summed E-state index contributed by atoms with van der Waals surface area (Å²) in [5, 5.41) is 5.66. The number of carbonyl (C=O) groups excluding carboxylic acids is 1. The number of carbonyl (C=O) groups is 1. The van der Waals surface area contributed by atoms with Gasteiger partial charge in [0.15, 0.2) is 0 Å². The lowest BCUT2D eigenvalue weighted by Crippen LogP contribution is -2.18. The first-order valence-corrected chi connectivity index (χ1v) is 6.13. The van der Waals surface area contributed by atoms with E-state index in [4.69, 9.17) is 0 Å². The van der Waals surface area contributed by atoms with Crippen molar-refractivity contribution in [3.8, 4) is 0 Å². The molecule has 0 saturated carbocycles. The van der Waals surface area contributed by atoms with E-state index in [-0.39, 0.29) is 29.9 Å². The first-order valence-electron chi connectivity index (χ1n) is 6.13. The number of halogens is 4. The Labute approximate surface area is 121 Å². The lowest BCUT2D eigenvalue weighted by atomic mass is 10.0. The van der Waals surface area contributed by atoms with Crippen molar-refractivity contribution in [3.05, 3.63) is 29.8 Å². The molecule has 1 aromatic rings. The predicted octanol–water partition coefficient (Wildman–Crippen LogP) is 3.07. The molecule has 20 heavy (non-hydrogen) atoms. The molecule has 0 aliphatic carbocycles. The van der Waals surface area contributed by atoms with Crippen LogP contribution in [0.5, 0.6) is 0 Å². The fraction of sp³-hybridized carbons (Fsp3) is 0.462. The smallest absolute Gasteiger partial charge is 0.326 e. The Hall–Kier alpha value is -1.27. The van der Waals surface area contributed by atoms with Crippen LogP contribution in [0.2, 0.25) is 0 Å². The summed E-state index contributed by atoms with van der Waals surface area (Å²) in [5.41, 5.74) is -0.571. The summed E-state index contributed by atoms with van der Waals surface area (Å²) >= 11 is 0. The van der Waals surface area contributed by atoms with Gasteiger partial charge in [0.1, 0.15) is 0 Å². The number of hydrogen-bond donors (Lipinski definition) is 2. The number of rotatable bonds is 3. The molecule has 1 fully saturated rings. The molecular weight excluding hydrogens is 293 g/mol. The molecule has 2 N–H and O–H groups in total. The normalized spacial score (nSPS) is 18.4. The highest BCUT2D eigenvalue weighted by Gasteiger charge is 2.30. The number of hydrogen-bond acceptors (Lipinski definition) is 2. The standard InChI is InChI=1S/C13H15F3N2O.ClH/c14-13(15,16)10-2-1-3-11(7-10)18-12(19)6-9-4-5-17-8-9;/h1-3,7,9,17H,4-6,8H2,(H,18,19);1H. The van der Waals surface area contributed by atoms with Gasteiger partial charge >= 0.3 is 6.18 Å². The van der Waals surface area contributed by atoms with E-state index in [1.165, 1.54) is 12.1 Å². The van der Waals surface area contributed by atoms with Gasteiger partial charge in [-0.15, -0.1) is 12.4 Å². The van der Waals surface area contributed by atoms with Crippen LogP contribution in [-0.2, 0) is 11.0 Å². The van der Waals surface area contributed by atoms with E-state index < -0.39 is 11.7 Å². The Balaban J connectivity index is 0.00000200. The molecule has 1 aromatic carbocycles. The summed E-state index contributed by atoms with van der Waals surface area (Å²) in [6, 6.07) is 4.68. The van der Waals surface area contributed by atoms with Crippen molar-refractivity contribution in [2.24, 2.45) is 5.92 Å². The molecule has 0 bridgehead atoms. The van der Waals surface area contributed by atoms with Crippen LogP contribution < -0.4 is 10.6 Å². The summed E-state index contributed by atoms with van der Waals surface area (Å²) < 4.78 is 37.5. The quantitative estimate of drug-likeness (QED) is 0.901. The topological polar surface area (TPSA) is 41.1 Å². The van der Waals surface area contributed by atoms with E-state index in [9.17, 15) is 18.0 Å².